The molecule has 1 unspecified atom stereocenters. The van der Waals surface area contributed by atoms with E-state index in [9.17, 15) is 9.50 Å². The molecule has 1 aliphatic rings. The number of rotatable bonds is 9. The number of halogens is 2. The third-order valence-corrected chi connectivity index (χ3v) is 4.94. The van der Waals surface area contributed by atoms with E-state index in [2.05, 4.69) is 29.4 Å². The van der Waals surface area contributed by atoms with Crippen LogP contribution in [-0.4, -0.2) is 66.9 Å². The molecule has 3 N–H and O–H groups in total. The Morgan fingerprint density at radius 1 is 1.21 bits per heavy atom. The maximum Gasteiger partial charge on any atom is 0.191 e. The number of nitrogens with zero attached hydrogens (tertiary/aromatic N) is 2. The molecule has 6 nitrogen and oxygen atoms in total. The summed E-state index contributed by atoms with van der Waals surface area (Å²) in [7, 11) is 0. The number of aliphatic hydroxyl groups excluding tert-OH is 1. The topological polar surface area (TPSA) is 69.1 Å². The van der Waals surface area contributed by atoms with Gasteiger partial charge in [0.1, 0.15) is 24.3 Å². The summed E-state index contributed by atoms with van der Waals surface area (Å²) in [6.07, 6.45) is 3.12. The molecule has 0 saturated carbocycles. The molecule has 1 atom stereocenters. The summed E-state index contributed by atoms with van der Waals surface area (Å²) in [6.45, 7) is 10.6. The lowest BCUT2D eigenvalue weighted by molar-refractivity contribution is 0.102. The number of likely N-dealkylation sites (tertiary alicyclic amines) is 1. The van der Waals surface area contributed by atoms with Crippen molar-refractivity contribution in [3.05, 3.63) is 30.1 Å². The Bertz CT molecular complexity index is 607. The molecule has 0 bridgehead atoms. The van der Waals surface area contributed by atoms with Crippen molar-refractivity contribution in [1.82, 2.24) is 15.5 Å². The molecule has 0 aliphatic carbocycles. The molecule has 0 radical (unpaired) electrons. The third-order valence-electron chi connectivity index (χ3n) is 4.94. The Morgan fingerprint density at radius 3 is 2.48 bits per heavy atom. The van der Waals surface area contributed by atoms with Crippen LogP contribution in [0.5, 0.6) is 5.75 Å². The molecular formula is C21H36FIN4O2. The van der Waals surface area contributed by atoms with Crippen LogP contribution in [0.25, 0.3) is 0 Å². The van der Waals surface area contributed by atoms with Gasteiger partial charge in [0.2, 0.25) is 0 Å². The predicted molar refractivity (Wildman–Crippen MR) is 127 cm³/mol. The summed E-state index contributed by atoms with van der Waals surface area (Å²) in [5.41, 5.74) is 0.00703. The highest BCUT2D eigenvalue weighted by Gasteiger charge is 2.27. The van der Waals surface area contributed by atoms with Crippen LogP contribution in [0.15, 0.2) is 29.3 Å². The van der Waals surface area contributed by atoms with Crippen LogP contribution < -0.4 is 15.4 Å². The molecular weight excluding hydrogens is 486 g/mol. The van der Waals surface area contributed by atoms with Gasteiger partial charge in [-0.25, -0.2) is 4.39 Å². The fourth-order valence-corrected chi connectivity index (χ4v) is 3.21. The number of benzene rings is 1. The van der Waals surface area contributed by atoms with Gasteiger partial charge in [0.05, 0.1) is 6.54 Å². The number of piperidine rings is 1. The van der Waals surface area contributed by atoms with Crippen LogP contribution in [-0.2, 0) is 0 Å². The fraction of sp³-hybridized carbons (Fsp3) is 0.667. The Labute approximate surface area is 191 Å². The lowest BCUT2D eigenvalue weighted by Crippen LogP contribution is -2.50. The number of nitrogens with one attached hydrogen (secondary N) is 2. The molecule has 29 heavy (non-hydrogen) atoms. The van der Waals surface area contributed by atoms with Crippen LogP contribution in [0.1, 0.15) is 40.0 Å². The Balaban J connectivity index is 0.00000420. The van der Waals surface area contributed by atoms with Crippen molar-refractivity contribution >= 4 is 29.9 Å². The van der Waals surface area contributed by atoms with E-state index in [4.69, 9.17) is 9.73 Å². The quantitative estimate of drug-likeness (QED) is 0.265. The van der Waals surface area contributed by atoms with E-state index in [1.165, 1.54) is 31.4 Å². The number of guanidine groups is 1. The molecule has 1 aliphatic heterocycles. The fourth-order valence-electron chi connectivity index (χ4n) is 3.21. The monoisotopic (exact) mass is 522 g/mol. The van der Waals surface area contributed by atoms with E-state index in [1.807, 2.05) is 6.92 Å². The van der Waals surface area contributed by atoms with Gasteiger partial charge in [0.15, 0.2) is 5.96 Å². The van der Waals surface area contributed by atoms with E-state index in [-0.39, 0.29) is 41.9 Å². The maximum atomic E-state index is 12.9. The summed E-state index contributed by atoms with van der Waals surface area (Å²) in [6, 6.07) is 5.76. The van der Waals surface area contributed by atoms with E-state index in [1.54, 1.807) is 12.1 Å². The van der Waals surface area contributed by atoms with Crippen molar-refractivity contribution in [2.24, 2.45) is 4.99 Å². The highest BCUT2D eigenvalue weighted by atomic mass is 127. The molecule has 0 amide bonds. The predicted octanol–water partition coefficient (Wildman–Crippen LogP) is 3.00. The molecule has 0 aromatic heterocycles. The molecule has 166 valence electrons. The first-order chi connectivity index (χ1) is 13.4. The SMILES string of the molecule is CCNC(=NCC(C)(C)N1CCCCC1)NCC(O)COc1ccc(F)cc1.I. The average Bonchev–Trinajstić information content (AvgIpc) is 2.70. The van der Waals surface area contributed by atoms with Gasteiger partial charge in [-0.3, -0.25) is 9.89 Å². The maximum absolute atomic E-state index is 12.9. The molecule has 1 saturated heterocycles. The number of hydrogen-bond donors (Lipinski definition) is 3. The van der Waals surface area contributed by atoms with Crippen LogP contribution in [0.3, 0.4) is 0 Å². The number of hydrogen-bond acceptors (Lipinski definition) is 4. The van der Waals surface area contributed by atoms with Crippen LogP contribution >= 0.6 is 24.0 Å². The summed E-state index contributed by atoms with van der Waals surface area (Å²) in [5, 5.41) is 16.6. The average molecular weight is 522 g/mol. The minimum atomic E-state index is -0.705. The van der Waals surface area contributed by atoms with E-state index in [0.29, 0.717) is 24.8 Å². The van der Waals surface area contributed by atoms with Gasteiger partial charge in [-0.2, -0.15) is 0 Å². The van der Waals surface area contributed by atoms with Crippen LogP contribution in [0.2, 0.25) is 0 Å². The van der Waals surface area contributed by atoms with Gasteiger partial charge in [0.25, 0.3) is 0 Å². The molecule has 1 aromatic rings. The zero-order chi connectivity index (χ0) is 20.4. The normalized spacial score (nSPS) is 16.7. The summed E-state index contributed by atoms with van der Waals surface area (Å²) in [5.74, 6) is 0.909. The number of aliphatic hydroxyl groups is 1. The van der Waals surface area contributed by atoms with Crippen molar-refractivity contribution in [3.63, 3.8) is 0 Å². The molecule has 0 spiro atoms. The molecule has 2 rings (SSSR count). The Kier molecular flexibility index (Phi) is 11.8. The second kappa shape index (κ2) is 13.2. The third kappa shape index (κ3) is 9.48. The van der Waals surface area contributed by atoms with Gasteiger partial charge in [-0.05, 0) is 71.0 Å². The second-order valence-corrected chi connectivity index (χ2v) is 7.85. The van der Waals surface area contributed by atoms with E-state index >= 15 is 0 Å². The zero-order valence-electron chi connectivity index (χ0n) is 17.8. The smallest absolute Gasteiger partial charge is 0.191 e. The summed E-state index contributed by atoms with van der Waals surface area (Å²) < 4.78 is 18.4. The minimum Gasteiger partial charge on any atom is -0.491 e. The minimum absolute atomic E-state index is 0. The Morgan fingerprint density at radius 2 is 1.86 bits per heavy atom. The van der Waals surface area contributed by atoms with Crippen molar-refractivity contribution in [2.45, 2.75) is 51.7 Å². The Hall–Kier alpha value is -1.13. The first kappa shape index (κ1) is 25.9. The largest absolute Gasteiger partial charge is 0.491 e. The van der Waals surface area contributed by atoms with Crippen molar-refractivity contribution in [2.75, 3.05) is 39.3 Å². The first-order valence-electron chi connectivity index (χ1n) is 10.2. The van der Waals surface area contributed by atoms with Gasteiger partial charge in [-0.1, -0.05) is 6.42 Å². The zero-order valence-corrected chi connectivity index (χ0v) is 20.1. The molecule has 8 heteroatoms. The lowest BCUT2D eigenvalue weighted by atomic mass is 9.99. The number of aliphatic imine (C=N–C) groups is 1. The van der Waals surface area contributed by atoms with Crippen molar-refractivity contribution in [3.8, 4) is 5.75 Å². The molecule has 1 fully saturated rings. The van der Waals surface area contributed by atoms with Gasteiger partial charge < -0.3 is 20.5 Å². The second-order valence-electron chi connectivity index (χ2n) is 7.85. The molecule has 1 heterocycles. The summed E-state index contributed by atoms with van der Waals surface area (Å²) >= 11 is 0. The van der Waals surface area contributed by atoms with Crippen molar-refractivity contribution < 1.29 is 14.2 Å². The van der Waals surface area contributed by atoms with Crippen molar-refractivity contribution in [1.29, 1.82) is 0 Å². The van der Waals surface area contributed by atoms with E-state index in [0.717, 1.165) is 19.6 Å². The molecule has 1 aromatic carbocycles. The van der Waals surface area contributed by atoms with Crippen LogP contribution in [0.4, 0.5) is 4.39 Å². The van der Waals surface area contributed by atoms with E-state index < -0.39 is 6.10 Å². The number of ether oxygens (including phenoxy) is 1. The standard InChI is InChI=1S/C21H35FN4O2.HI/c1-4-23-20(25-16-21(2,3)26-12-6-5-7-13-26)24-14-18(27)15-28-19-10-8-17(22)9-11-19;/h8-11,18,27H,4-7,12-16H2,1-3H3,(H2,23,24,25);1H. The highest BCUT2D eigenvalue weighted by molar-refractivity contribution is 14.0. The van der Waals surface area contributed by atoms with Crippen LogP contribution in [0, 0.1) is 5.82 Å². The van der Waals surface area contributed by atoms with Gasteiger partial charge in [-0.15, -0.1) is 24.0 Å². The van der Waals surface area contributed by atoms with Gasteiger partial charge >= 0.3 is 0 Å². The van der Waals surface area contributed by atoms with Gasteiger partial charge in [0, 0.05) is 18.6 Å². The summed E-state index contributed by atoms with van der Waals surface area (Å²) in [4.78, 5) is 7.23. The first-order valence-corrected chi connectivity index (χ1v) is 10.2. The highest BCUT2D eigenvalue weighted by Crippen LogP contribution is 2.20. The lowest BCUT2D eigenvalue weighted by Gasteiger charge is -2.40.